The van der Waals surface area contributed by atoms with Gasteiger partial charge in [0.1, 0.15) is 5.71 Å². The van der Waals surface area contributed by atoms with Gasteiger partial charge in [-0.2, -0.15) is 0 Å². The van der Waals surface area contributed by atoms with Crippen LogP contribution in [0.15, 0.2) is 53.3 Å². The molecule has 80 valence electrons. The smallest absolute Gasteiger partial charge is 0.110 e. The van der Waals surface area contributed by atoms with Crippen LogP contribution in [-0.4, -0.2) is 15.9 Å². The maximum Gasteiger partial charge on any atom is 0.110 e. The minimum Gasteiger partial charge on any atom is -0.410 e. The Labute approximate surface area is 97.4 Å². The standard InChI is InChI=1S/C12H10N2OS/c15-14-12(10-5-7-13-8-6-10)4-3-11-2-1-9-16-11/h1-9,15H. The highest BCUT2D eigenvalue weighted by Gasteiger charge is 1.98. The molecular formula is C12H10N2OS. The predicted molar refractivity (Wildman–Crippen MR) is 65.9 cm³/mol. The van der Waals surface area contributed by atoms with E-state index in [2.05, 4.69) is 10.1 Å². The molecule has 0 aromatic carbocycles. The lowest BCUT2D eigenvalue weighted by molar-refractivity contribution is 0.320. The third-order valence-corrected chi connectivity index (χ3v) is 2.87. The Morgan fingerprint density at radius 3 is 2.75 bits per heavy atom. The maximum atomic E-state index is 8.93. The number of thiophene rings is 1. The largest absolute Gasteiger partial charge is 0.410 e. The van der Waals surface area contributed by atoms with Crippen molar-refractivity contribution in [3.63, 3.8) is 0 Å². The van der Waals surface area contributed by atoms with Crippen molar-refractivity contribution in [2.24, 2.45) is 5.16 Å². The first-order chi connectivity index (χ1) is 7.90. The van der Waals surface area contributed by atoms with E-state index in [0.717, 1.165) is 10.4 Å². The molecule has 2 aromatic rings. The van der Waals surface area contributed by atoms with Crippen molar-refractivity contribution in [3.05, 3.63) is 58.6 Å². The van der Waals surface area contributed by atoms with E-state index in [-0.39, 0.29) is 0 Å². The molecule has 0 amide bonds. The van der Waals surface area contributed by atoms with Crippen molar-refractivity contribution in [1.29, 1.82) is 0 Å². The van der Waals surface area contributed by atoms with E-state index in [9.17, 15) is 0 Å². The highest BCUT2D eigenvalue weighted by molar-refractivity contribution is 7.10. The molecule has 0 saturated heterocycles. The summed E-state index contributed by atoms with van der Waals surface area (Å²) in [6.07, 6.45) is 7.03. The van der Waals surface area contributed by atoms with Crippen LogP contribution in [0, 0.1) is 0 Å². The van der Waals surface area contributed by atoms with Gasteiger partial charge in [-0.05, 0) is 35.7 Å². The third kappa shape index (κ3) is 2.55. The van der Waals surface area contributed by atoms with Gasteiger partial charge >= 0.3 is 0 Å². The van der Waals surface area contributed by atoms with Gasteiger partial charge in [0, 0.05) is 22.8 Å². The first-order valence-electron chi connectivity index (χ1n) is 4.74. The number of allylic oxidation sites excluding steroid dienone is 1. The van der Waals surface area contributed by atoms with Gasteiger partial charge in [-0.25, -0.2) is 0 Å². The highest BCUT2D eigenvalue weighted by Crippen LogP contribution is 2.11. The van der Waals surface area contributed by atoms with Crippen molar-refractivity contribution in [1.82, 2.24) is 4.98 Å². The summed E-state index contributed by atoms with van der Waals surface area (Å²) in [7, 11) is 0. The lowest BCUT2D eigenvalue weighted by atomic mass is 10.1. The second-order valence-electron chi connectivity index (χ2n) is 3.07. The fraction of sp³-hybridized carbons (Fsp3) is 0. The molecule has 0 radical (unpaired) electrons. The van der Waals surface area contributed by atoms with Crippen LogP contribution >= 0.6 is 11.3 Å². The highest BCUT2D eigenvalue weighted by atomic mass is 32.1. The van der Waals surface area contributed by atoms with Gasteiger partial charge in [0.25, 0.3) is 0 Å². The predicted octanol–water partition coefficient (Wildman–Crippen LogP) is 3.03. The second-order valence-corrected chi connectivity index (χ2v) is 4.05. The molecule has 0 fully saturated rings. The summed E-state index contributed by atoms with van der Waals surface area (Å²) in [6, 6.07) is 7.58. The first kappa shape index (κ1) is 10.6. The molecule has 0 atom stereocenters. The van der Waals surface area contributed by atoms with E-state index in [1.165, 1.54) is 0 Å². The average molecular weight is 230 g/mol. The van der Waals surface area contributed by atoms with E-state index >= 15 is 0 Å². The van der Waals surface area contributed by atoms with Crippen LogP contribution in [-0.2, 0) is 0 Å². The number of hydrogen-bond donors (Lipinski definition) is 1. The minimum absolute atomic E-state index is 0.524. The summed E-state index contributed by atoms with van der Waals surface area (Å²) in [5, 5.41) is 14.2. The number of aromatic nitrogens is 1. The Balaban J connectivity index is 2.20. The summed E-state index contributed by atoms with van der Waals surface area (Å²) in [4.78, 5) is 5.03. The van der Waals surface area contributed by atoms with Gasteiger partial charge < -0.3 is 5.21 Å². The maximum absolute atomic E-state index is 8.93. The SMILES string of the molecule is ON=C(C=Cc1cccs1)c1ccncc1. The summed E-state index contributed by atoms with van der Waals surface area (Å²) < 4.78 is 0. The van der Waals surface area contributed by atoms with Crippen LogP contribution in [0.2, 0.25) is 0 Å². The Bertz CT molecular complexity index is 489. The van der Waals surface area contributed by atoms with Crippen molar-refractivity contribution >= 4 is 23.1 Å². The molecule has 2 heterocycles. The fourth-order valence-corrected chi connectivity index (χ4v) is 1.88. The van der Waals surface area contributed by atoms with Crippen LogP contribution in [0.25, 0.3) is 6.08 Å². The zero-order valence-electron chi connectivity index (χ0n) is 8.45. The zero-order valence-corrected chi connectivity index (χ0v) is 9.26. The normalized spacial score (nSPS) is 12.1. The van der Waals surface area contributed by atoms with E-state index in [4.69, 9.17) is 5.21 Å². The molecule has 0 unspecified atom stereocenters. The minimum atomic E-state index is 0.524. The van der Waals surface area contributed by atoms with Crippen molar-refractivity contribution in [2.75, 3.05) is 0 Å². The quantitative estimate of drug-likeness (QED) is 0.500. The summed E-state index contributed by atoms with van der Waals surface area (Å²) >= 11 is 1.63. The molecule has 3 nitrogen and oxygen atoms in total. The van der Waals surface area contributed by atoms with Crippen LogP contribution in [0.1, 0.15) is 10.4 Å². The van der Waals surface area contributed by atoms with Crippen LogP contribution in [0.3, 0.4) is 0 Å². The van der Waals surface area contributed by atoms with E-state index in [0.29, 0.717) is 5.71 Å². The van der Waals surface area contributed by atoms with Crippen LogP contribution in [0.4, 0.5) is 0 Å². The van der Waals surface area contributed by atoms with Crippen LogP contribution < -0.4 is 0 Å². The fourth-order valence-electron chi connectivity index (χ4n) is 1.26. The van der Waals surface area contributed by atoms with Gasteiger partial charge in [-0.15, -0.1) is 11.3 Å². The molecule has 0 aliphatic heterocycles. The summed E-state index contributed by atoms with van der Waals surface area (Å²) in [6.45, 7) is 0. The lowest BCUT2D eigenvalue weighted by Crippen LogP contribution is -1.96. The van der Waals surface area contributed by atoms with Gasteiger partial charge in [0.2, 0.25) is 0 Å². The average Bonchev–Trinajstić information content (AvgIpc) is 2.84. The molecule has 0 spiro atoms. The molecule has 0 aliphatic carbocycles. The Morgan fingerprint density at radius 2 is 2.12 bits per heavy atom. The zero-order chi connectivity index (χ0) is 11.2. The molecule has 0 aliphatic rings. The molecule has 4 heteroatoms. The lowest BCUT2D eigenvalue weighted by Gasteiger charge is -1.97. The number of hydrogen-bond acceptors (Lipinski definition) is 4. The van der Waals surface area contributed by atoms with Gasteiger partial charge in [0.15, 0.2) is 0 Å². The van der Waals surface area contributed by atoms with Crippen molar-refractivity contribution in [2.45, 2.75) is 0 Å². The van der Waals surface area contributed by atoms with E-state index in [1.54, 1.807) is 41.9 Å². The molecule has 16 heavy (non-hydrogen) atoms. The van der Waals surface area contributed by atoms with Crippen molar-refractivity contribution in [3.8, 4) is 0 Å². The number of oxime groups is 1. The topological polar surface area (TPSA) is 45.5 Å². The molecular weight excluding hydrogens is 220 g/mol. The van der Waals surface area contributed by atoms with Gasteiger partial charge in [-0.1, -0.05) is 11.2 Å². The molecule has 2 aromatic heterocycles. The molecule has 2 rings (SSSR count). The first-order valence-corrected chi connectivity index (χ1v) is 5.62. The Hall–Kier alpha value is -1.94. The molecule has 0 saturated carbocycles. The molecule has 1 N–H and O–H groups in total. The number of nitrogens with zero attached hydrogens (tertiary/aromatic N) is 2. The van der Waals surface area contributed by atoms with Gasteiger partial charge in [-0.3, -0.25) is 4.98 Å². The number of pyridine rings is 1. The summed E-state index contributed by atoms with van der Waals surface area (Å²) in [5.41, 5.74) is 1.36. The monoisotopic (exact) mass is 230 g/mol. The van der Waals surface area contributed by atoms with E-state index in [1.807, 2.05) is 23.6 Å². The summed E-state index contributed by atoms with van der Waals surface area (Å²) in [5.74, 6) is 0. The third-order valence-electron chi connectivity index (χ3n) is 2.03. The molecule has 0 bridgehead atoms. The Morgan fingerprint density at radius 1 is 1.31 bits per heavy atom. The van der Waals surface area contributed by atoms with E-state index < -0.39 is 0 Å². The van der Waals surface area contributed by atoms with Crippen LogP contribution in [0.5, 0.6) is 0 Å². The van der Waals surface area contributed by atoms with Gasteiger partial charge in [0.05, 0.1) is 0 Å². The number of rotatable bonds is 3. The Kier molecular flexibility index (Phi) is 3.46. The second kappa shape index (κ2) is 5.23. The van der Waals surface area contributed by atoms with Crippen molar-refractivity contribution < 1.29 is 5.21 Å².